The lowest BCUT2D eigenvalue weighted by atomic mass is 10.1. The molecule has 2 heterocycles. The fourth-order valence-electron chi connectivity index (χ4n) is 3.21. The molecule has 0 radical (unpaired) electrons. The fourth-order valence-corrected chi connectivity index (χ4v) is 3.21. The van der Waals surface area contributed by atoms with Gasteiger partial charge in [-0.2, -0.15) is 20.1 Å². The standard InChI is InChI=1S/C20H21F2N7/c1-10(13-6-7-14(21)15(22)8-13)23-19-25-18(12-4-5-12)26-20(27-19)24-17-9-16(28-29-17)11-2-3-11/h6-12H,2-5H2,1H3,(H3,23,24,25,26,27,28,29). The second-order valence-electron chi connectivity index (χ2n) is 7.76. The van der Waals surface area contributed by atoms with E-state index in [1.807, 2.05) is 13.0 Å². The first kappa shape index (κ1) is 18.0. The van der Waals surface area contributed by atoms with Crippen molar-refractivity contribution in [3.05, 3.63) is 53.0 Å². The Kier molecular flexibility index (Phi) is 4.37. The Labute approximate surface area is 166 Å². The molecule has 2 fully saturated rings. The Balaban J connectivity index is 1.37. The molecule has 2 aliphatic carbocycles. The van der Waals surface area contributed by atoms with Gasteiger partial charge in [0.05, 0.1) is 6.04 Å². The van der Waals surface area contributed by atoms with E-state index in [4.69, 9.17) is 0 Å². The highest BCUT2D eigenvalue weighted by Crippen LogP contribution is 2.40. The van der Waals surface area contributed by atoms with Gasteiger partial charge in [-0.1, -0.05) is 6.07 Å². The molecule has 1 atom stereocenters. The average Bonchev–Trinajstić information content (AvgIpc) is 3.62. The van der Waals surface area contributed by atoms with Crippen molar-refractivity contribution in [1.29, 1.82) is 0 Å². The third-order valence-electron chi connectivity index (χ3n) is 5.24. The highest BCUT2D eigenvalue weighted by molar-refractivity contribution is 5.50. The van der Waals surface area contributed by atoms with Crippen molar-refractivity contribution >= 4 is 17.7 Å². The third-order valence-corrected chi connectivity index (χ3v) is 5.24. The van der Waals surface area contributed by atoms with Gasteiger partial charge in [-0.3, -0.25) is 5.10 Å². The Morgan fingerprint density at radius 1 is 0.966 bits per heavy atom. The van der Waals surface area contributed by atoms with Crippen molar-refractivity contribution in [3.63, 3.8) is 0 Å². The molecule has 2 aliphatic rings. The molecule has 0 amide bonds. The minimum Gasteiger partial charge on any atom is -0.348 e. The lowest BCUT2D eigenvalue weighted by molar-refractivity contribution is 0.506. The van der Waals surface area contributed by atoms with Gasteiger partial charge in [0.25, 0.3) is 0 Å². The summed E-state index contributed by atoms with van der Waals surface area (Å²) in [5, 5.41) is 13.6. The summed E-state index contributed by atoms with van der Waals surface area (Å²) in [7, 11) is 0. The van der Waals surface area contributed by atoms with Crippen LogP contribution in [0.5, 0.6) is 0 Å². The lowest BCUT2D eigenvalue weighted by Gasteiger charge is -2.15. The van der Waals surface area contributed by atoms with E-state index in [2.05, 4.69) is 35.8 Å². The molecule has 0 bridgehead atoms. The smallest absolute Gasteiger partial charge is 0.233 e. The zero-order valence-corrected chi connectivity index (χ0v) is 15.9. The van der Waals surface area contributed by atoms with Gasteiger partial charge in [0, 0.05) is 23.6 Å². The molecule has 1 aromatic carbocycles. The summed E-state index contributed by atoms with van der Waals surface area (Å²) in [4.78, 5) is 13.5. The van der Waals surface area contributed by atoms with Gasteiger partial charge in [-0.15, -0.1) is 0 Å². The van der Waals surface area contributed by atoms with Crippen molar-refractivity contribution in [1.82, 2.24) is 25.1 Å². The summed E-state index contributed by atoms with van der Waals surface area (Å²) >= 11 is 0. The zero-order chi connectivity index (χ0) is 20.0. The van der Waals surface area contributed by atoms with E-state index >= 15 is 0 Å². The molecule has 7 nitrogen and oxygen atoms in total. The molecule has 2 saturated carbocycles. The molecular formula is C20H21F2N7. The van der Waals surface area contributed by atoms with Crippen LogP contribution in [0.25, 0.3) is 0 Å². The highest BCUT2D eigenvalue weighted by atomic mass is 19.2. The van der Waals surface area contributed by atoms with Crippen molar-refractivity contribution in [2.45, 2.75) is 50.5 Å². The number of hydrogen-bond acceptors (Lipinski definition) is 6. The number of anilines is 3. The van der Waals surface area contributed by atoms with Crippen LogP contribution in [0.3, 0.4) is 0 Å². The summed E-state index contributed by atoms with van der Waals surface area (Å²) in [6.45, 7) is 1.84. The van der Waals surface area contributed by atoms with E-state index in [0.717, 1.165) is 30.4 Å². The van der Waals surface area contributed by atoms with Gasteiger partial charge in [-0.05, 0) is 50.3 Å². The first-order valence-corrected chi connectivity index (χ1v) is 9.85. The summed E-state index contributed by atoms with van der Waals surface area (Å²) in [5.74, 6) is 1.35. The van der Waals surface area contributed by atoms with Crippen molar-refractivity contribution in [2.75, 3.05) is 10.6 Å². The average molecular weight is 397 g/mol. The van der Waals surface area contributed by atoms with Gasteiger partial charge in [0.15, 0.2) is 17.5 Å². The number of nitrogens with one attached hydrogen (secondary N) is 3. The number of nitrogens with zero attached hydrogens (tertiary/aromatic N) is 4. The van der Waals surface area contributed by atoms with Crippen LogP contribution in [-0.2, 0) is 0 Å². The Bertz CT molecular complexity index is 1040. The molecule has 0 spiro atoms. The normalized spacial score (nSPS) is 17.2. The molecule has 3 aromatic rings. The Morgan fingerprint density at radius 3 is 2.45 bits per heavy atom. The predicted octanol–water partition coefficient (Wildman–Crippen LogP) is 4.54. The van der Waals surface area contributed by atoms with Gasteiger partial charge >= 0.3 is 0 Å². The van der Waals surface area contributed by atoms with Gasteiger partial charge in [0.1, 0.15) is 5.82 Å². The van der Waals surface area contributed by atoms with Gasteiger partial charge in [-0.25, -0.2) is 8.78 Å². The van der Waals surface area contributed by atoms with Crippen molar-refractivity contribution in [3.8, 4) is 0 Å². The SMILES string of the molecule is CC(Nc1nc(Nc2cc(C3CC3)[nH]n2)nc(C2CC2)n1)c1ccc(F)c(F)c1. The topological polar surface area (TPSA) is 91.4 Å². The molecule has 0 aliphatic heterocycles. The van der Waals surface area contributed by atoms with Crippen LogP contribution in [0.15, 0.2) is 24.3 Å². The Hall–Kier alpha value is -3.10. The minimum absolute atomic E-state index is 0.306. The van der Waals surface area contributed by atoms with Crippen LogP contribution in [0.2, 0.25) is 0 Å². The predicted molar refractivity (Wildman–Crippen MR) is 104 cm³/mol. The quantitative estimate of drug-likeness (QED) is 0.542. The summed E-state index contributed by atoms with van der Waals surface area (Å²) in [5.41, 5.74) is 1.72. The van der Waals surface area contributed by atoms with Crippen LogP contribution >= 0.6 is 0 Å². The number of aromatic nitrogens is 5. The maximum atomic E-state index is 13.6. The van der Waals surface area contributed by atoms with E-state index in [1.165, 1.54) is 18.9 Å². The first-order valence-electron chi connectivity index (χ1n) is 9.85. The lowest BCUT2D eigenvalue weighted by Crippen LogP contribution is -2.13. The number of hydrogen-bond donors (Lipinski definition) is 3. The number of H-pyrrole nitrogens is 1. The van der Waals surface area contributed by atoms with Gasteiger partial charge in [0.2, 0.25) is 11.9 Å². The molecular weight excluding hydrogens is 376 g/mol. The van der Waals surface area contributed by atoms with E-state index in [1.54, 1.807) is 6.07 Å². The van der Waals surface area contributed by atoms with E-state index < -0.39 is 11.6 Å². The van der Waals surface area contributed by atoms with Crippen LogP contribution in [0.4, 0.5) is 26.5 Å². The number of halogens is 2. The highest BCUT2D eigenvalue weighted by Gasteiger charge is 2.29. The molecule has 5 rings (SSSR count). The number of rotatable bonds is 7. The zero-order valence-electron chi connectivity index (χ0n) is 15.9. The van der Waals surface area contributed by atoms with Crippen LogP contribution in [-0.4, -0.2) is 25.1 Å². The largest absolute Gasteiger partial charge is 0.348 e. The maximum Gasteiger partial charge on any atom is 0.233 e. The summed E-state index contributed by atoms with van der Waals surface area (Å²) in [6, 6.07) is 5.52. The van der Waals surface area contributed by atoms with Crippen LogP contribution in [0.1, 0.15) is 67.6 Å². The van der Waals surface area contributed by atoms with E-state index in [9.17, 15) is 8.78 Å². The van der Waals surface area contributed by atoms with Crippen molar-refractivity contribution in [2.24, 2.45) is 0 Å². The molecule has 9 heteroatoms. The fraction of sp³-hybridized carbons (Fsp3) is 0.400. The summed E-state index contributed by atoms with van der Waals surface area (Å²) in [6.07, 6.45) is 4.48. The summed E-state index contributed by atoms with van der Waals surface area (Å²) < 4.78 is 26.8. The van der Waals surface area contributed by atoms with E-state index in [0.29, 0.717) is 35.1 Å². The monoisotopic (exact) mass is 397 g/mol. The maximum absolute atomic E-state index is 13.6. The molecule has 29 heavy (non-hydrogen) atoms. The first-order chi connectivity index (χ1) is 14.0. The van der Waals surface area contributed by atoms with Crippen LogP contribution < -0.4 is 10.6 Å². The molecule has 3 N–H and O–H groups in total. The molecule has 1 unspecified atom stereocenters. The molecule has 0 saturated heterocycles. The Morgan fingerprint density at radius 2 is 1.72 bits per heavy atom. The second-order valence-corrected chi connectivity index (χ2v) is 7.76. The molecule has 2 aromatic heterocycles. The minimum atomic E-state index is -0.877. The van der Waals surface area contributed by atoms with Gasteiger partial charge < -0.3 is 10.6 Å². The van der Waals surface area contributed by atoms with Crippen molar-refractivity contribution < 1.29 is 8.78 Å². The molecule has 150 valence electrons. The number of aromatic amines is 1. The number of benzene rings is 1. The third kappa shape index (κ3) is 4.03. The second kappa shape index (κ2) is 7.06. The van der Waals surface area contributed by atoms with Crippen LogP contribution in [0, 0.1) is 11.6 Å². The van der Waals surface area contributed by atoms with E-state index in [-0.39, 0.29) is 6.04 Å².